The van der Waals surface area contributed by atoms with Crippen molar-refractivity contribution in [3.63, 3.8) is 0 Å². The van der Waals surface area contributed by atoms with E-state index in [1.807, 2.05) is 12.1 Å². The zero-order valence-electron chi connectivity index (χ0n) is 21.2. The summed E-state index contributed by atoms with van der Waals surface area (Å²) in [6.45, 7) is 6.59. The van der Waals surface area contributed by atoms with E-state index in [0.717, 1.165) is 5.56 Å². The number of ether oxygens (including phenoxy) is 3. The number of methoxy groups -OCH3 is 2. The predicted molar refractivity (Wildman–Crippen MR) is 132 cm³/mol. The molecule has 2 amide bonds. The van der Waals surface area contributed by atoms with Crippen LogP contribution in [-0.2, 0) is 9.47 Å². The third kappa shape index (κ3) is 6.10. The van der Waals surface area contributed by atoms with Crippen LogP contribution in [-0.4, -0.2) is 61.0 Å². The molecule has 1 aromatic carbocycles. The smallest absolute Gasteiger partial charge is 0.420 e. The predicted octanol–water partition coefficient (Wildman–Crippen LogP) is 5.28. The van der Waals surface area contributed by atoms with Gasteiger partial charge in [-0.05, 0) is 47.9 Å². The standard InChI is InChI=1S/C26H35N3O6/c1-26(2,3)20-16-17(14-15-29(20)24(30)31)19-12-13-21(27-22(19)23(33-5)34-6)28(4)25(32)35-18-10-8-7-9-11-18/h7-13,17,20,23H,14-16H2,1-6H3,(H,30,31). The monoisotopic (exact) mass is 485 g/mol. The van der Waals surface area contributed by atoms with Crippen molar-refractivity contribution in [2.75, 3.05) is 32.7 Å². The van der Waals surface area contributed by atoms with Crippen LogP contribution in [0.5, 0.6) is 5.75 Å². The molecular formula is C26H35N3O6. The van der Waals surface area contributed by atoms with Gasteiger partial charge in [-0.2, -0.15) is 0 Å². The SMILES string of the molecule is COC(OC)c1nc(N(C)C(=O)Oc2ccccc2)ccc1C1CCN(C(=O)O)C(C(C)(C)C)C1. The van der Waals surface area contributed by atoms with Gasteiger partial charge in [0.2, 0.25) is 6.29 Å². The average Bonchev–Trinajstić information content (AvgIpc) is 2.84. The van der Waals surface area contributed by atoms with Crippen molar-refractivity contribution in [3.05, 3.63) is 53.7 Å². The average molecular weight is 486 g/mol. The molecule has 0 aliphatic carbocycles. The molecule has 0 bridgehead atoms. The highest BCUT2D eigenvalue weighted by atomic mass is 16.7. The van der Waals surface area contributed by atoms with Gasteiger partial charge >= 0.3 is 12.2 Å². The number of para-hydroxylation sites is 1. The summed E-state index contributed by atoms with van der Waals surface area (Å²) in [5.74, 6) is 0.881. The van der Waals surface area contributed by atoms with Crippen LogP contribution >= 0.6 is 0 Å². The molecule has 9 nitrogen and oxygen atoms in total. The molecule has 1 aliphatic rings. The quantitative estimate of drug-likeness (QED) is 0.556. The number of carbonyl (C=O) groups is 2. The Labute approximate surface area is 206 Å². The first kappa shape index (κ1) is 26.4. The minimum Gasteiger partial charge on any atom is -0.465 e. The molecule has 0 saturated carbocycles. The van der Waals surface area contributed by atoms with Gasteiger partial charge in [-0.15, -0.1) is 0 Å². The first-order chi connectivity index (χ1) is 16.6. The lowest BCUT2D eigenvalue weighted by Crippen LogP contribution is -2.51. The molecule has 0 spiro atoms. The topological polar surface area (TPSA) is 101 Å². The van der Waals surface area contributed by atoms with E-state index >= 15 is 0 Å². The van der Waals surface area contributed by atoms with Gasteiger partial charge in [-0.3, -0.25) is 4.90 Å². The number of piperidine rings is 1. The maximum absolute atomic E-state index is 12.7. The molecule has 0 radical (unpaired) electrons. The Bertz CT molecular complexity index is 1020. The Morgan fingerprint density at radius 3 is 2.34 bits per heavy atom. The Morgan fingerprint density at radius 2 is 1.77 bits per heavy atom. The van der Waals surface area contributed by atoms with Gasteiger partial charge in [-0.25, -0.2) is 14.6 Å². The number of carbonyl (C=O) groups excluding carboxylic acids is 1. The fraction of sp³-hybridized carbons (Fsp3) is 0.500. The molecule has 1 fully saturated rings. The highest BCUT2D eigenvalue weighted by Gasteiger charge is 2.40. The summed E-state index contributed by atoms with van der Waals surface area (Å²) < 4.78 is 16.5. The summed E-state index contributed by atoms with van der Waals surface area (Å²) in [5, 5.41) is 9.73. The van der Waals surface area contributed by atoms with E-state index < -0.39 is 18.5 Å². The number of aromatic nitrogens is 1. The van der Waals surface area contributed by atoms with Crippen LogP contribution in [0.15, 0.2) is 42.5 Å². The third-order valence-electron chi connectivity index (χ3n) is 6.45. The Kier molecular flexibility index (Phi) is 8.34. The van der Waals surface area contributed by atoms with Crippen molar-refractivity contribution in [2.24, 2.45) is 5.41 Å². The normalized spacial score (nSPS) is 18.4. The highest BCUT2D eigenvalue weighted by molar-refractivity contribution is 5.87. The Balaban J connectivity index is 1.92. The number of hydrogen-bond acceptors (Lipinski definition) is 6. The number of benzene rings is 1. The van der Waals surface area contributed by atoms with E-state index in [0.29, 0.717) is 36.6 Å². The van der Waals surface area contributed by atoms with E-state index in [9.17, 15) is 14.7 Å². The Morgan fingerprint density at radius 1 is 1.11 bits per heavy atom. The van der Waals surface area contributed by atoms with Gasteiger partial charge in [0.05, 0.1) is 0 Å². The van der Waals surface area contributed by atoms with Crippen molar-refractivity contribution in [2.45, 2.75) is 51.9 Å². The van der Waals surface area contributed by atoms with E-state index in [1.165, 1.54) is 24.0 Å². The van der Waals surface area contributed by atoms with Crippen LogP contribution in [0.1, 0.15) is 57.1 Å². The molecule has 2 aromatic rings. The zero-order chi connectivity index (χ0) is 25.8. The molecule has 3 rings (SSSR count). The number of pyridine rings is 1. The number of nitrogens with zero attached hydrogens (tertiary/aromatic N) is 3. The van der Waals surface area contributed by atoms with Crippen LogP contribution in [0.25, 0.3) is 0 Å². The molecule has 1 saturated heterocycles. The van der Waals surface area contributed by atoms with E-state index in [-0.39, 0.29) is 17.4 Å². The van der Waals surface area contributed by atoms with Crippen molar-refractivity contribution >= 4 is 18.0 Å². The van der Waals surface area contributed by atoms with E-state index in [1.54, 1.807) is 37.4 Å². The molecule has 2 heterocycles. The van der Waals surface area contributed by atoms with E-state index in [2.05, 4.69) is 20.8 Å². The second-order valence-corrected chi connectivity index (χ2v) is 9.77. The molecule has 35 heavy (non-hydrogen) atoms. The molecule has 190 valence electrons. The van der Waals surface area contributed by atoms with Crippen LogP contribution < -0.4 is 9.64 Å². The second kappa shape index (κ2) is 11.0. The second-order valence-electron chi connectivity index (χ2n) is 9.77. The minimum atomic E-state index is -0.901. The maximum atomic E-state index is 12.7. The van der Waals surface area contributed by atoms with Crippen LogP contribution in [0.2, 0.25) is 0 Å². The molecule has 1 aromatic heterocycles. The van der Waals surface area contributed by atoms with E-state index in [4.69, 9.17) is 19.2 Å². The molecule has 1 N–H and O–H groups in total. The lowest BCUT2D eigenvalue weighted by molar-refractivity contribution is -0.109. The summed E-state index contributed by atoms with van der Waals surface area (Å²) in [4.78, 5) is 32.2. The van der Waals surface area contributed by atoms with Crippen LogP contribution in [0.4, 0.5) is 15.4 Å². The number of amides is 2. The zero-order valence-corrected chi connectivity index (χ0v) is 21.2. The molecular weight excluding hydrogens is 450 g/mol. The lowest BCUT2D eigenvalue weighted by atomic mass is 9.75. The van der Waals surface area contributed by atoms with Gasteiger partial charge in [0.15, 0.2) is 0 Å². The van der Waals surface area contributed by atoms with Gasteiger partial charge in [0.1, 0.15) is 17.3 Å². The number of hydrogen-bond donors (Lipinski definition) is 1. The van der Waals surface area contributed by atoms with Gasteiger partial charge < -0.3 is 24.2 Å². The van der Waals surface area contributed by atoms with Crippen molar-refractivity contribution < 1.29 is 28.9 Å². The first-order valence-corrected chi connectivity index (χ1v) is 11.6. The van der Waals surface area contributed by atoms with Gasteiger partial charge in [0.25, 0.3) is 0 Å². The van der Waals surface area contributed by atoms with Crippen molar-refractivity contribution in [3.8, 4) is 5.75 Å². The van der Waals surface area contributed by atoms with Crippen LogP contribution in [0, 0.1) is 5.41 Å². The third-order valence-corrected chi connectivity index (χ3v) is 6.45. The van der Waals surface area contributed by atoms with Crippen molar-refractivity contribution in [1.82, 2.24) is 9.88 Å². The maximum Gasteiger partial charge on any atom is 0.420 e. The fourth-order valence-corrected chi connectivity index (χ4v) is 4.56. The van der Waals surface area contributed by atoms with Gasteiger partial charge in [0, 0.05) is 33.9 Å². The summed E-state index contributed by atoms with van der Waals surface area (Å²) in [6.07, 6.45) is -0.915. The number of likely N-dealkylation sites (tertiary alicyclic amines) is 1. The summed E-state index contributed by atoms with van der Waals surface area (Å²) >= 11 is 0. The van der Waals surface area contributed by atoms with Crippen LogP contribution in [0.3, 0.4) is 0 Å². The molecule has 2 unspecified atom stereocenters. The summed E-state index contributed by atoms with van der Waals surface area (Å²) in [6, 6.07) is 12.4. The molecule has 9 heteroatoms. The minimum absolute atomic E-state index is 0.0563. The Hall–Kier alpha value is -3.17. The number of anilines is 1. The lowest BCUT2D eigenvalue weighted by Gasteiger charge is -2.45. The summed E-state index contributed by atoms with van der Waals surface area (Å²) in [7, 11) is 4.65. The number of carboxylic acid groups (broad SMARTS) is 1. The molecule has 2 atom stereocenters. The number of rotatable bonds is 6. The summed E-state index contributed by atoms with van der Waals surface area (Å²) in [5.41, 5.74) is 1.26. The van der Waals surface area contributed by atoms with Crippen molar-refractivity contribution in [1.29, 1.82) is 0 Å². The fourth-order valence-electron chi connectivity index (χ4n) is 4.56. The highest BCUT2D eigenvalue weighted by Crippen LogP contribution is 2.41. The first-order valence-electron chi connectivity index (χ1n) is 11.6. The van der Waals surface area contributed by atoms with Gasteiger partial charge in [-0.1, -0.05) is 45.0 Å². The largest absolute Gasteiger partial charge is 0.465 e. The molecule has 1 aliphatic heterocycles.